The number of piperazine rings is 1. The summed E-state index contributed by atoms with van der Waals surface area (Å²) in [6, 6.07) is 0.535. The molecule has 16 heavy (non-hydrogen) atoms. The van der Waals surface area contributed by atoms with E-state index in [0.29, 0.717) is 6.04 Å². The molecule has 0 aromatic heterocycles. The minimum atomic E-state index is -0.842. The maximum absolute atomic E-state index is 11.9. The van der Waals surface area contributed by atoms with Crippen LogP contribution >= 0.6 is 0 Å². The van der Waals surface area contributed by atoms with Gasteiger partial charge >= 0.3 is 0 Å². The summed E-state index contributed by atoms with van der Waals surface area (Å²) < 4.78 is 0. The van der Waals surface area contributed by atoms with Crippen LogP contribution in [0.1, 0.15) is 27.7 Å². The molecule has 0 aromatic rings. The molecule has 0 spiro atoms. The normalized spacial score (nSPS) is 20.6. The molecule has 0 aromatic carbocycles. The van der Waals surface area contributed by atoms with Gasteiger partial charge in [0, 0.05) is 32.2 Å². The van der Waals surface area contributed by atoms with E-state index in [9.17, 15) is 9.90 Å². The average Bonchev–Trinajstić information content (AvgIpc) is 2.27. The van der Waals surface area contributed by atoms with Gasteiger partial charge in [-0.05, 0) is 19.8 Å². The van der Waals surface area contributed by atoms with Crippen molar-refractivity contribution in [2.75, 3.05) is 26.2 Å². The van der Waals surface area contributed by atoms with Crippen molar-refractivity contribution in [3.8, 4) is 0 Å². The zero-order valence-electron chi connectivity index (χ0n) is 10.8. The summed E-state index contributed by atoms with van der Waals surface area (Å²) in [6.07, 6.45) is -0.842. The fraction of sp³-hybridized carbons (Fsp3) is 0.917. The number of carbonyl (C=O) groups is 1. The summed E-state index contributed by atoms with van der Waals surface area (Å²) in [5.74, 6) is -0.117. The van der Waals surface area contributed by atoms with Crippen LogP contribution < -0.4 is 0 Å². The highest BCUT2D eigenvalue weighted by molar-refractivity contribution is 5.81. The predicted octanol–water partition coefficient (Wildman–Crippen LogP) is 0.556. The van der Waals surface area contributed by atoms with E-state index in [4.69, 9.17) is 0 Å². The predicted molar refractivity (Wildman–Crippen MR) is 64.1 cm³/mol. The van der Waals surface area contributed by atoms with Crippen molar-refractivity contribution in [2.24, 2.45) is 5.92 Å². The van der Waals surface area contributed by atoms with E-state index in [2.05, 4.69) is 18.7 Å². The maximum Gasteiger partial charge on any atom is 0.251 e. The molecule has 0 aliphatic carbocycles. The van der Waals surface area contributed by atoms with Gasteiger partial charge in [0.1, 0.15) is 6.10 Å². The van der Waals surface area contributed by atoms with E-state index < -0.39 is 6.10 Å². The van der Waals surface area contributed by atoms with E-state index in [1.165, 1.54) is 0 Å². The Labute approximate surface area is 98.2 Å². The molecule has 4 nitrogen and oxygen atoms in total. The maximum atomic E-state index is 11.9. The molecule has 94 valence electrons. The number of amides is 1. The molecular formula is C12H24N2O2. The Morgan fingerprint density at radius 2 is 1.56 bits per heavy atom. The third-order valence-corrected chi connectivity index (χ3v) is 3.24. The molecule has 0 bridgehead atoms. The molecule has 1 aliphatic rings. The largest absolute Gasteiger partial charge is 0.383 e. The Morgan fingerprint density at radius 1 is 1.06 bits per heavy atom. The smallest absolute Gasteiger partial charge is 0.251 e. The van der Waals surface area contributed by atoms with Gasteiger partial charge in [0.25, 0.3) is 5.91 Å². The fourth-order valence-electron chi connectivity index (χ4n) is 1.93. The van der Waals surface area contributed by atoms with Gasteiger partial charge in [-0.1, -0.05) is 13.8 Å². The van der Waals surface area contributed by atoms with Crippen molar-refractivity contribution in [1.82, 2.24) is 9.80 Å². The molecular weight excluding hydrogens is 204 g/mol. The van der Waals surface area contributed by atoms with Crippen LogP contribution in [0.2, 0.25) is 0 Å². The number of aliphatic hydroxyl groups is 1. The van der Waals surface area contributed by atoms with Crippen LogP contribution in [-0.4, -0.2) is 59.1 Å². The monoisotopic (exact) mass is 228 g/mol. The van der Waals surface area contributed by atoms with E-state index in [0.717, 1.165) is 26.2 Å². The molecule has 1 amide bonds. The van der Waals surface area contributed by atoms with Crippen LogP contribution in [0.3, 0.4) is 0 Å². The lowest BCUT2D eigenvalue weighted by Crippen LogP contribution is -2.53. The third-order valence-electron chi connectivity index (χ3n) is 3.24. The molecule has 0 radical (unpaired) electrons. The van der Waals surface area contributed by atoms with Gasteiger partial charge in [-0.3, -0.25) is 9.69 Å². The average molecular weight is 228 g/mol. The molecule has 0 saturated carbocycles. The Bertz CT molecular complexity index is 233. The summed E-state index contributed by atoms with van der Waals surface area (Å²) in [7, 11) is 0. The van der Waals surface area contributed by atoms with Crippen molar-refractivity contribution < 1.29 is 9.90 Å². The summed E-state index contributed by atoms with van der Waals surface area (Å²) in [5.41, 5.74) is 0. The second-order valence-electron chi connectivity index (χ2n) is 5.14. The van der Waals surface area contributed by atoms with E-state index in [1.807, 2.05) is 13.8 Å². The Kier molecular flexibility index (Phi) is 4.74. The van der Waals surface area contributed by atoms with Gasteiger partial charge in [0.2, 0.25) is 0 Å². The minimum absolute atomic E-state index is 0.00405. The molecule has 1 N–H and O–H groups in total. The minimum Gasteiger partial charge on any atom is -0.383 e. The fourth-order valence-corrected chi connectivity index (χ4v) is 1.93. The van der Waals surface area contributed by atoms with Crippen molar-refractivity contribution in [2.45, 2.75) is 39.8 Å². The first-order valence-electron chi connectivity index (χ1n) is 6.14. The Morgan fingerprint density at radius 3 is 1.94 bits per heavy atom. The molecule has 1 unspecified atom stereocenters. The zero-order valence-corrected chi connectivity index (χ0v) is 10.8. The van der Waals surface area contributed by atoms with Crippen LogP contribution in [-0.2, 0) is 4.79 Å². The van der Waals surface area contributed by atoms with E-state index >= 15 is 0 Å². The van der Waals surface area contributed by atoms with E-state index in [1.54, 1.807) is 4.90 Å². The molecule has 1 atom stereocenters. The number of aliphatic hydroxyl groups excluding tert-OH is 1. The van der Waals surface area contributed by atoms with Gasteiger partial charge in [0.05, 0.1) is 0 Å². The van der Waals surface area contributed by atoms with Gasteiger partial charge in [-0.2, -0.15) is 0 Å². The Hall–Kier alpha value is -0.610. The van der Waals surface area contributed by atoms with Crippen LogP contribution in [0.25, 0.3) is 0 Å². The molecule has 1 aliphatic heterocycles. The van der Waals surface area contributed by atoms with Crippen molar-refractivity contribution in [1.29, 1.82) is 0 Å². The lowest BCUT2D eigenvalue weighted by Gasteiger charge is -2.38. The standard InChI is InChI=1S/C12H24N2O2/c1-9(2)11(15)12(16)14-7-5-13(6-8-14)10(3)4/h9-11,15H,5-8H2,1-4H3. The highest BCUT2D eigenvalue weighted by Gasteiger charge is 2.28. The highest BCUT2D eigenvalue weighted by atomic mass is 16.3. The molecule has 1 saturated heterocycles. The van der Waals surface area contributed by atoms with Gasteiger partial charge < -0.3 is 10.0 Å². The lowest BCUT2D eigenvalue weighted by molar-refractivity contribution is -0.144. The van der Waals surface area contributed by atoms with Crippen LogP contribution in [0.5, 0.6) is 0 Å². The number of rotatable bonds is 3. The quantitative estimate of drug-likeness (QED) is 0.767. The summed E-state index contributed by atoms with van der Waals surface area (Å²) >= 11 is 0. The van der Waals surface area contributed by atoms with Crippen LogP contribution in [0.15, 0.2) is 0 Å². The van der Waals surface area contributed by atoms with Crippen LogP contribution in [0, 0.1) is 5.92 Å². The number of carbonyl (C=O) groups excluding carboxylic acids is 1. The zero-order chi connectivity index (χ0) is 12.3. The molecule has 1 heterocycles. The van der Waals surface area contributed by atoms with Crippen LogP contribution in [0.4, 0.5) is 0 Å². The van der Waals surface area contributed by atoms with Gasteiger partial charge in [-0.15, -0.1) is 0 Å². The lowest BCUT2D eigenvalue weighted by atomic mass is 10.1. The summed E-state index contributed by atoms with van der Waals surface area (Å²) in [4.78, 5) is 16.0. The number of hydrogen-bond donors (Lipinski definition) is 1. The highest BCUT2D eigenvalue weighted by Crippen LogP contribution is 2.10. The Balaban J connectivity index is 2.45. The SMILES string of the molecule is CC(C)C(O)C(=O)N1CCN(C(C)C)CC1. The van der Waals surface area contributed by atoms with Gasteiger partial charge in [0.15, 0.2) is 0 Å². The third kappa shape index (κ3) is 3.19. The second-order valence-corrected chi connectivity index (χ2v) is 5.14. The first-order valence-corrected chi connectivity index (χ1v) is 6.14. The molecule has 1 rings (SSSR count). The van der Waals surface area contributed by atoms with Crippen molar-refractivity contribution in [3.05, 3.63) is 0 Å². The molecule has 4 heteroatoms. The second kappa shape index (κ2) is 5.64. The number of nitrogens with zero attached hydrogens (tertiary/aromatic N) is 2. The first-order chi connectivity index (χ1) is 7.43. The van der Waals surface area contributed by atoms with E-state index in [-0.39, 0.29) is 11.8 Å². The summed E-state index contributed by atoms with van der Waals surface area (Å²) in [6.45, 7) is 11.4. The summed E-state index contributed by atoms with van der Waals surface area (Å²) in [5, 5.41) is 9.72. The first kappa shape index (κ1) is 13.5. The van der Waals surface area contributed by atoms with Gasteiger partial charge in [-0.25, -0.2) is 0 Å². The van der Waals surface area contributed by atoms with Crippen molar-refractivity contribution >= 4 is 5.91 Å². The molecule has 1 fully saturated rings. The number of hydrogen-bond acceptors (Lipinski definition) is 3. The van der Waals surface area contributed by atoms with Crippen molar-refractivity contribution in [3.63, 3.8) is 0 Å². The topological polar surface area (TPSA) is 43.8 Å².